The van der Waals surface area contributed by atoms with E-state index in [4.69, 9.17) is 9.84 Å². The molecule has 148 valence electrons. The van der Waals surface area contributed by atoms with Crippen molar-refractivity contribution in [3.05, 3.63) is 82.6 Å². The Hall–Kier alpha value is -2.59. The molecule has 0 saturated heterocycles. The first-order valence-electron chi connectivity index (χ1n) is 9.96. The van der Waals surface area contributed by atoms with E-state index in [1.54, 1.807) is 0 Å². The predicted molar refractivity (Wildman–Crippen MR) is 109 cm³/mol. The molecule has 1 atom stereocenters. The number of aliphatic hydroxyl groups is 2. The molecule has 1 heterocycles. The van der Waals surface area contributed by atoms with E-state index in [-0.39, 0.29) is 12.4 Å². The highest BCUT2D eigenvalue weighted by atomic mass is 16.6. The smallest absolute Gasteiger partial charge is 0.338 e. The number of rotatable bonds is 8. The second-order valence-electron chi connectivity index (χ2n) is 7.46. The minimum atomic E-state index is -0.804. The minimum absolute atomic E-state index is 0.0202. The predicted octanol–water partition coefficient (Wildman–Crippen LogP) is 4.96. The van der Waals surface area contributed by atoms with Gasteiger partial charge in [-0.05, 0) is 29.5 Å². The maximum Gasteiger partial charge on any atom is 0.338 e. The van der Waals surface area contributed by atoms with Crippen molar-refractivity contribution in [2.75, 3.05) is 0 Å². The van der Waals surface area contributed by atoms with Crippen LogP contribution in [0.2, 0.25) is 0 Å². The summed E-state index contributed by atoms with van der Waals surface area (Å²) in [6.45, 7) is 2.12. The second kappa shape index (κ2) is 9.07. The van der Waals surface area contributed by atoms with Crippen LogP contribution in [0.5, 0.6) is 0 Å². The Morgan fingerprint density at radius 2 is 1.68 bits per heavy atom. The lowest BCUT2D eigenvalue weighted by molar-refractivity contribution is -0.161. The zero-order valence-corrected chi connectivity index (χ0v) is 16.4. The third-order valence-corrected chi connectivity index (χ3v) is 5.41. The number of ether oxygens (including phenoxy) is 1. The molecule has 3 rings (SSSR count). The Bertz CT molecular complexity index is 823. The van der Waals surface area contributed by atoms with Gasteiger partial charge in [0.15, 0.2) is 0 Å². The molecule has 2 aromatic rings. The van der Waals surface area contributed by atoms with E-state index in [9.17, 15) is 9.90 Å². The van der Waals surface area contributed by atoms with Crippen LogP contribution in [0.3, 0.4) is 0 Å². The average Bonchev–Trinajstić information content (AvgIpc) is 2.72. The van der Waals surface area contributed by atoms with Gasteiger partial charge in [-0.1, -0.05) is 74.4 Å². The zero-order chi connectivity index (χ0) is 20.0. The number of cyclic esters (lactones) is 1. The van der Waals surface area contributed by atoms with Gasteiger partial charge in [-0.25, -0.2) is 4.79 Å². The Balaban J connectivity index is 1.87. The SMILES string of the molecule is CCCCCC1(c2ccccc2)CC(O)=C(Cc2ccc(CO)cc2)C(=O)O1. The van der Waals surface area contributed by atoms with Crippen LogP contribution in [-0.2, 0) is 28.2 Å². The molecule has 28 heavy (non-hydrogen) atoms. The normalized spacial score (nSPS) is 19.6. The minimum Gasteiger partial charge on any atom is -0.512 e. The Morgan fingerprint density at radius 1 is 1.00 bits per heavy atom. The van der Waals surface area contributed by atoms with Crippen LogP contribution >= 0.6 is 0 Å². The maximum atomic E-state index is 12.9. The molecule has 1 aliphatic heterocycles. The first kappa shape index (κ1) is 20.2. The molecule has 0 bridgehead atoms. The first-order valence-corrected chi connectivity index (χ1v) is 9.96. The third-order valence-electron chi connectivity index (χ3n) is 5.41. The fraction of sp³-hybridized carbons (Fsp3) is 0.375. The van der Waals surface area contributed by atoms with Crippen molar-refractivity contribution in [1.82, 2.24) is 0 Å². The number of aliphatic hydroxyl groups excluding tert-OH is 2. The number of esters is 1. The molecule has 4 heteroatoms. The van der Waals surface area contributed by atoms with Crippen LogP contribution < -0.4 is 0 Å². The third kappa shape index (κ3) is 4.45. The van der Waals surface area contributed by atoms with E-state index in [1.807, 2.05) is 54.6 Å². The summed E-state index contributed by atoms with van der Waals surface area (Å²) in [5.74, 6) is -0.335. The molecule has 0 spiro atoms. The van der Waals surface area contributed by atoms with Crippen LogP contribution in [0, 0.1) is 0 Å². The largest absolute Gasteiger partial charge is 0.512 e. The molecule has 1 unspecified atom stereocenters. The summed E-state index contributed by atoms with van der Waals surface area (Å²) in [5, 5.41) is 20.0. The summed E-state index contributed by atoms with van der Waals surface area (Å²) < 4.78 is 6.01. The molecule has 0 radical (unpaired) electrons. The van der Waals surface area contributed by atoms with Crippen LogP contribution in [-0.4, -0.2) is 16.2 Å². The highest BCUT2D eigenvalue weighted by Crippen LogP contribution is 2.42. The molecule has 2 N–H and O–H groups in total. The van der Waals surface area contributed by atoms with Gasteiger partial charge in [-0.3, -0.25) is 0 Å². The number of hydrogen-bond donors (Lipinski definition) is 2. The summed E-state index contributed by atoms with van der Waals surface area (Å²) in [6, 6.07) is 17.1. The molecular formula is C24H28O4. The Morgan fingerprint density at radius 3 is 2.29 bits per heavy atom. The van der Waals surface area contributed by atoms with Gasteiger partial charge in [-0.15, -0.1) is 0 Å². The maximum absolute atomic E-state index is 12.9. The van der Waals surface area contributed by atoms with Crippen molar-refractivity contribution in [2.24, 2.45) is 0 Å². The lowest BCUT2D eigenvalue weighted by Crippen LogP contribution is -2.38. The molecule has 0 saturated carbocycles. The van der Waals surface area contributed by atoms with Gasteiger partial charge >= 0.3 is 5.97 Å². The van der Waals surface area contributed by atoms with Crippen molar-refractivity contribution in [2.45, 2.75) is 57.7 Å². The fourth-order valence-corrected chi connectivity index (χ4v) is 3.76. The van der Waals surface area contributed by atoms with Gasteiger partial charge in [0.25, 0.3) is 0 Å². The lowest BCUT2D eigenvalue weighted by Gasteiger charge is -2.38. The number of carbonyl (C=O) groups is 1. The zero-order valence-electron chi connectivity index (χ0n) is 16.4. The number of carbonyl (C=O) groups excluding carboxylic acids is 1. The van der Waals surface area contributed by atoms with Gasteiger partial charge in [-0.2, -0.15) is 0 Å². The molecule has 4 nitrogen and oxygen atoms in total. The van der Waals surface area contributed by atoms with E-state index in [0.717, 1.165) is 36.0 Å². The molecule has 0 aromatic heterocycles. The molecule has 1 aliphatic rings. The summed E-state index contributed by atoms with van der Waals surface area (Å²) in [7, 11) is 0. The average molecular weight is 380 g/mol. The number of unbranched alkanes of at least 4 members (excludes halogenated alkanes) is 2. The van der Waals surface area contributed by atoms with E-state index >= 15 is 0 Å². The summed E-state index contributed by atoms with van der Waals surface area (Å²) in [5.41, 5.74) is 2.15. The van der Waals surface area contributed by atoms with Crippen LogP contribution in [0.1, 0.15) is 55.7 Å². The molecule has 0 amide bonds. The van der Waals surface area contributed by atoms with Crippen molar-refractivity contribution >= 4 is 5.97 Å². The summed E-state index contributed by atoms with van der Waals surface area (Å²) >= 11 is 0. The topological polar surface area (TPSA) is 66.8 Å². The second-order valence-corrected chi connectivity index (χ2v) is 7.46. The molecule has 0 aliphatic carbocycles. The van der Waals surface area contributed by atoms with Gasteiger partial charge in [0.2, 0.25) is 0 Å². The van der Waals surface area contributed by atoms with Gasteiger partial charge in [0, 0.05) is 12.8 Å². The van der Waals surface area contributed by atoms with Gasteiger partial charge < -0.3 is 14.9 Å². The summed E-state index contributed by atoms with van der Waals surface area (Å²) in [4.78, 5) is 12.9. The Labute approximate surface area is 166 Å². The van der Waals surface area contributed by atoms with Crippen molar-refractivity contribution in [1.29, 1.82) is 0 Å². The number of benzene rings is 2. The van der Waals surface area contributed by atoms with E-state index in [1.165, 1.54) is 0 Å². The van der Waals surface area contributed by atoms with Crippen LogP contribution in [0.4, 0.5) is 0 Å². The van der Waals surface area contributed by atoms with E-state index in [0.29, 0.717) is 24.8 Å². The highest BCUT2D eigenvalue weighted by molar-refractivity contribution is 5.91. The Kier molecular flexibility index (Phi) is 6.53. The van der Waals surface area contributed by atoms with E-state index < -0.39 is 11.6 Å². The monoisotopic (exact) mass is 380 g/mol. The lowest BCUT2D eigenvalue weighted by atomic mass is 9.81. The van der Waals surface area contributed by atoms with Crippen molar-refractivity contribution in [3.63, 3.8) is 0 Å². The molecule has 0 fully saturated rings. The highest BCUT2D eigenvalue weighted by Gasteiger charge is 2.42. The van der Waals surface area contributed by atoms with Crippen LogP contribution in [0.25, 0.3) is 0 Å². The number of hydrogen-bond acceptors (Lipinski definition) is 4. The van der Waals surface area contributed by atoms with Crippen molar-refractivity contribution < 1.29 is 19.7 Å². The first-order chi connectivity index (χ1) is 13.6. The van der Waals surface area contributed by atoms with E-state index in [2.05, 4.69) is 6.92 Å². The molecular weight excluding hydrogens is 352 g/mol. The quantitative estimate of drug-likeness (QED) is 0.502. The fourth-order valence-electron chi connectivity index (χ4n) is 3.76. The summed E-state index contributed by atoms with van der Waals surface area (Å²) in [6.07, 6.45) is 4.38. The standard InChI is InChI=1S/C24H28O4/c1-2-3-7-14-24(20-8-5-4-6-9-20)16-22(26)21(23(27)28-24)15-18-10-12-19(17-25)13-11-18/h4-6,8-13,25-26H,2-3,7,14-17H2,1H3. The van der Waals surface area contributed by atoms with Crippen LogP contribution in [0.15, 0.2) is 65.9 Å². The van der Waals surface area contributed by atoms with Gasteiger partial charge in [0.05, 0.1) is 12.2 Å². The molecule has 2 aromatic carbocycles. The van der Waals surface area contributed by atoms with Gasteiger partial charge in [0.1, 0.15) is 11.4 Å². The van der Waals surface area contributed by atoms with Crippen molar-refractivity contribution in [3.8, 4) is 0 Å².